The van der Waals surface area contributed by atoms with Gasteiger partial charge < -0.3 is 14.5 Å². The normalized spacial score (nSPS) is 10.6. The van der Waals surface area contributed by atoms with Crippen LogP contribution in [0.3, 0.4) is 0 Å². The fourth-order valence-electron chi connectivity index (χ4n) is 2.20. The molecule has 0 aliphatic rings. The van der Waals surface area contributed by atoms with Crippen LogP contribution in [0.2, 0.25) is 0 Å². The van der Waals surface area contributed by atoms with Crippen molar-refractivity contribution < 1.29 is 18.7 Å². The van der Waals surface area contributed by atoms with Crippen molar-refractivity contribution in [3.63, 3.8) is 0 Å². The van der Waals surface area contributed by atoms with Crippen LogP contribution < -0.4 is 5.32 Å². The number of hydrogen-bond donors (Lipinski definition) is 1. The van der Waals surface area contributed by atoms with Crippen molar-refractivity contribution in [3.8, 4) is 0 Å². The van der Waals surface area contributed by atoms with Gasteiger partial charge in [0.05, 0.1) is 12.7 Å². The summed E-state index contributed by atoms with van der Waals surface area (Å²) in [5.74, 6) is 0.248. The van der Waals surface area contributed by atoms with Gasteiger partial charge in [0.1, 0.15) is 5.76 Å². The lowest BCUT2D eigenvalue weighted by atomic mass is 10.0. The Morgan fingerprint density at radius 1 is 1.17 bits per heavy atom. The van der Waals surface area contributed by atoms with E-state index in [2.05, 4.69) is 19.2 Å². The number of nitrogens with one attached hydrogen (secondary N) is 1. The maximum Gasteiger partial charge on any atom is 0.306 e. The fraction of sp³-hybridized carbons (Fsp3) is 0.333. The van der Waals surface area contributed by atoms with Gasteiger partial charge >= 0.3 is 5.97 Å². The van der Waals surface area contributed by atoms with E-state index in [0.717, 1.165) is 17.0 Å². The van der Waals surface area contributed by atoms with Crippen molar-refractivity contribution in [1.82, 2.24) is 0 Å². The van der Waals surface area contributed by atoms with E-state index in [-0.39, 0.29) is 18.9 Å². The number of para-hydroxylation sites is 1. The third kappa shape index (κ3) is 5.29. The third-order valence-corrected chi connectivity index (χ3v) is 3.38. The number of aryl methyl sites for hydroxylation is 1. The molecule has 0 spiro atoms. The van der Waals surface area contributed by atoms with E-state index in [1.165, 1.54) is 0 Å². The Kier molecular flexibility index (Phi) is 5.97. The van der Waals surface area contributed by atoms with E-state index in [9.17, 15) is 9.59 Å². The summed E-state index contributed by atoms with van der Waals surface area (Å²) in [7, 11) is 0. The predicted molar refractivity (Wildman–Crippen MR) is 87.1 cm³/mol. The first kappa shape index (κ1) is 16.8. The number of rotatable bonds is 7. The van der Waals surface area contributed by atoms with E-state index in [1.54, 1.807) is 18.4 Å². The number of furan rings is 1. The zero-order valence-corrected chi connectivity index (χ0v) is 13.4. The Labute approximate surface area is 135 Å². The summed E-state index contributed by atoms with van der Waals surface area (Å²) < 4.78 is 10.1. The van der Waals surface area contributed by atoms with Gasteiger partial charge in [0.25, 0.3) is 5.91 Å². The van der Waals surface area contributed by atoms with Crippen molar-refractivity contribution in [2.45, 2.75) is 32.6 Å². The fourth-order valence-corrected chi connectivity index (χ4v) is 2.20. The summed E-state index contributed by atoms with van der Waals surface area (Å²) in [5, 5.41) is 2.78. The number of carbonyl (C=O) groups is 2. The van der Waals surface area contributed by atoms with Crippen molar-refractivity contribution in [1.29, 1.82) is 0 Å². The van der Waals surface area contributed by atoms with Crippen molar-refractivity contribution >= 4 is 17.6 Å². The molecule has 0 atom stereocenters. The molecule has 2 rings (SSSR count). The summed E-state index contributed by atoms with van der Waals surface area (Å²) in [6.45, 7) is 3.82. The first-order valence-electron chi connectivity index (χ1n) is 7.63. The molecule has 5 nitrogen and oxygen atoms in total. The van der Waals surface area contributed by atoms with Gasteiger partial charge in [0.2, 0.25) is 0 Å². The molecule has 0 aliphatic carbocycles. The maximum atomic E-state index is 11.9. The van der Waals surface area contributed by atoms with Gasteiger partial charge in [0, 0.05) is 12.1 Å². The Bertz CT molecular complexity index is 647. The first-order chi connectivity index (χ1) is 11.1. The van der Waals surface area contributed by atoms with Crippen LogP contribution in [0.15, 0.2) is 47.1 Å². The van der Waals surface area contributed by atoms with Crippen LogP contribution in [0.5, 0.6) is 0 Å². The number of carbonyl (C=O) groups excluding carboxylic acids is 2. The Balaban J connectivity index is 1.78. The molecule has 0 saturated carbocycles. The van der Waals surface area contributed by atoms with Gasteiger partial charge in [-0.2, -0.15) is 0 Å². The van der Waals surface area contributed by atoms with Crippen LogP contribution in [-0.4, -0.2) is 18.5 Å². The minimum absolute atomic E-state index is 0.184. The Morgan fingerprint density at radius 3 is 2.65 bits per heavy atom. The summed E-state index contributed by atoms with van der Waals surface area (Å²) in [6, 6.07) is 11.2. The molecule has 1 amide bonds. The number of amides is 1. The second-order valence-corrected chi connectivity index (χ2v) is 5.53. The molecule has 0 fully saturated rings. The summed E-state index contributed by atoms with van der Waals surface area (Å²) in [5.41, 5.74) is 1.80. The van der Waals surface area contributed by atoms with Crippen molar-refractivity contribution in [3.05, 3.63) is 54.0 Å². The topological polar surface area (TPSA) is 68.5 Å². The van der Waals surface area contributed by atoms with Crippen LogP contribution in [0.25, 0.3) is 0 Å². The molecule has 0 aliphatic heterocycles. The average Bonchev–Trinajstić information content (AvgIpc) is 3.04. The standard InChI is InChI=1S/C18H21NO4/c1-13(2)15-7-3-4-8-16(15)19-17(20)12-23-18(21)10-9-14-6-5-11-22-14/h3-8,11,13H,9-10,12H2,1-2H3,(H,19,20). The average molecular weight is 315 g/mol. The summed E-state index contributed by atoms with van der Waals surface area (Å²) in [4.78, 5) is 23.5. The highest BCUT2D eigenvalue weighted by molar-refractivity contribution is 5.93. The Hall–Kier alpha value is -2.56. The molecule has 23 heavy (non-hydrogen) atoms. The number of benzene rings is 1. The molecule has 1 aromatic heterocycles. The van der Waals surface area contributed by atoms with E-state index in [0.29, 0.717) is 12.3 Å². The van der Waals surface area contributed by atoms with Gasteiger partial charge in [-0.05, 0) is 29.7 Å². The minimum atomic E-state index is -0.423. The molecule has 0 unspecified atom stereocenters. The number of ether oxygens (including phenoxy) is 1. The number of hydrogen-bond acceptors (Lipinski definition) is 4. The molecule has 0 saturated heterocycles. The zero-order chi connectivity index (χ0) is 16.7. The lowest BCUT2D eigenvalue weighted by Crippen LogP contribution is -2.21. The smallest absolute Gasteiger partial charge is 0.306 e. The van der Waals surface area contributed by atoms with E-state index >= 15 is 0 Å². The highest BCUT2D eigenvalue weighted by Crippen LogP contribution is 2.23. The summed E-state index contributed by atoms with van der Waals surface area (Å²) in [6.07, 6.45) is 2.20. The van der Waals surface area contributed by atoms with E-state index in [4.69, 9.17) is 9.15 Å². The molecular formula is C18H21NO4. The van der Waals surface area contributed by atoms with Crippen LogP contribution in [-0.2, 0) is 20.7 Å². The SMILES string of the molecule is CC(C)c1ccccc1NC(=O)COC(=O)CCc1ccco1. The third-order valence-electron chi connectivity index (χ3n) is 3.38. The quantitative estimate of drug-likeness (QED) is 0.794. The molecule has 0 bridgehead atoms. The van der Waals surface area contributed by atoms with Crippen LogP contribution in [0, 0.1) is 0 Å². The van der Waals surface area contributed by atoms with Gasteiger partial charge in [-0.25, -0.2) is 0 Å². The molecule has 5 heteroatoms. The van der Waals surface area contributed by atoms with E-state index in [1.807, 2.05) is 24.3 Å². The largest absolute Gasteiger partial charge is 0.469 e. The minimum Gasteiger partial charge on any atom is -0.469 e. The number of esters is 1. The molecule has 0 radical (unpaired) electrons. The second kappa shape index (κ2) is 8.17. The van der Waals surface area contributed by atoms with E-state index < -0.39 is 5.97 Å². The zero-order valence-electron chi connectivity index (χ0n) is 13.4. The first-order valence-corrected chi connectivity index (χ1v) is 7.63. The van der Waals surface area contributed by atoms with Crippen molar-refractivity contribution in [2.24, 2.45) is 0 Å². The monoisotopic (exact) mass is 315 g/mol. The molecule has 1 aromatic carbocycles. The van der Waals surface area contributed by atoms with Gasteiger partial charge in [-0.3, -0.25) is 9.59 Å². The molecule has 1 N–H and O–H groups in total. The second-order valence-electron chi connectivity index (χ2n) is 5.53. The lowest BCUT2D eigenvalue weighted by molar-refractivity contribution is -0.147. The highest BCUT2D eigenvalue weighted by Gasteiger charge is 2.11. The van der Waals surface area contributed by atoms with Gasteiger partial charge in [-0.1, -0.05) is 32.0 Å². The van der Waals surface area contributed by atoms with Gasteiger partial charge in [0.15, 0.2) is 6.61 Å². The summed E-state index contributed by atoms with van der Waals surface area (Å²) >= 11 is 0. The van der Waals surface area contributed by atoms with Crippen molar-refractivity contribution in [2.75, 3.05) is 11.9 Å². The number of anilines is 1. The highest BCUT2D eigenvalue weighted by atomic mass is 16.5. The van der Waals surface area contributed by atoms with Crippen LogP contribution in [0.1, 0.15) is 37.5 Å². The van der Waals surface area contributed by atoms with Gasteiger partial charge in [-0.15, -0.1) is 0 Å². The molecular weight excluding hydrogens is 294 g/mol. The maximum absolute atomic E-state index is 11.9. The van der Waals surface area contributed by atoms with Crippen LogP contribution >= 0.6 is 0 Å². The Morgan fingerprint density at radius 2 is 1.96 bits per heavy atom. The lowest BCUT2D eigenvalue weighted by Gasteiger charge is -2.13. The molecule has 1 heterocycles. The van der Waals surface area contributed by atoms with Crippen LogP contribution in [0.4, 0.5) is 5.69 Å². The molecule has 122 valence electrons. The predicted octanol–water partition coefficient (Wildman–Crippen LogP) is 3.52. The molecule has 2 aromatic rings.